The van der Waals surface area contributed by atoms with Crippen molar-refractivity contribution in [3.8, 4) is 17.4 Å². The third-order valence-electron chi connectivity index (χ3n) is 4.15. The Bertz CT molecular complexity index is 782. The average Bonchev–Trinajstić information content (AvgIpc) is 2.73. The number of hydrogen-bond donors (Lipinski definition) is 1. The lowest BCUT2D eigenvalue weighted by molar-refractivity contribution is 0.143. The van der Waals surface area contributed by atoms with Crippen molar-refractivity contribution in [1.29, 1.82) is 0 Å². The first-order valence-corrected chi connectivity index (χ1v) is 9.10. The summed E-state index contributed by atoms with van der Waals surface area (Å²) in [5.74, 6) is 1.99. The summed E-state index contributed by atoms with van der Waals surface area (Å²) in [7, 11) is 3.37. The summed E-state index contributed by atoms with van der Waals surface area (Å²) in [5, 5.41) is 2.88. The summed E-state index contributed by atoms with van der Waals surface area (Å²) in [6, 6.07) is 9.19. The fourth-order valence-corrected chi connectivity index (χ4v) is 2.67. The Morgan fingerprint density at radius 1 is 1.14 bits per heavy atom. The van der Waals surface area contributed by atoms with Crippen LogP contribution in [0, 0.1) is 0 Å². The van der Waals surface area contributed by atoms with Crippen molar-refractivity contribution in [2.45, 2.75) is 13.1 Å². The maximum Gasteiger partial charge on any atom is 0.317 e. The summed E-state index contributed by atoms with van der Waals surface area (Å²) in [5.41, 5.74) is 1.86. The van der Waals surface area contributed by atoms with Gasteiger partial charge in [0.25, 0.3) is 0 Å². The van der Waals surface area contributed by atoms with Gasteiger partial charge in [-0.25, -0.2) is 9.78 Å². The zero-order valence-electron chi connectivity index (χ0n) is 16.1. The third kappa shape index (κ3) is 5.50. The Balaban J connectivity index is 1.46. The predicted octanol–water partition coefficient (Wildman–Crippen LogP) is 2.22. The van der Waals surface area contributed by atoms with Gasteiger partial charge < -0.3 is 29.2 Å². The molecule has 0 unspecified atom stereocenters. The first kappa shape index (κ1) is 19.8. The Morgan fingerprint density at radius 3 is 2.68 bits per heavy atom. The second kappa shape index (κ2) is 9.80. The number of nitrogens with one attached hydrogen (secondary N) is 1. The second-order valence-electron chi connectivity index (χ2n) is 6.34. The second-order valence-corrected chi connectivity index (χ2v) is 6.34. The molecule has 0 saturated carbocycles. The van der Waals surface area contributed by atoms with E-state index in [1.54, 1.807) is 31.3 Å². The van der Waals surface area contributed by atoms with E-state index >= 15 is 0 Å². The van der Waals surface area contributed by atoms with Gasteiger partial charge in [0.05, 0.1) is 6.61 Å². The van der Waals surface area contributed by atoms with Crippen molar-refractivity contribution in [3.05, 3.63) is 47.7 Å². The summed E-state index contributed by atoms with van der Waals surface area (Å²) < 4.78 is 21.4. The molecule has 0 fully saturated rings. The van der Waals surface area contributed by atoms with Crippen molar-refractivity contribution in [2.24, 2.45) is 0 Å². The van der Waals surface area contributed by atoms with Crippen LogP contribution in [0.4, 0.5) is 4.79 Å². The molecule has 2 heterocycles. The molecule has 8 nitrogen and oxygen atoms in total. The van der Waals surface area contributed by atoms with Crippen LogP contribution in [0.3, 0.4) is 0 Å². The van der Waals surface area contributed by atoms with Crippen LogP contribution in [-0.2, 0) is 17.8 Å². The summed E-state index contributed by atoms with van der Waals surface area (Å²) in [4.78, 5) is 18.2. The maximum absolute atomic E-state index is 12.4. The lowest BCUT2D eigenvalue weighted by Crippen LogP contribution is -2.36. The number of amides is 2. The van der Waals surface area contributed by atoms with E-state index < -0.39 is 0 Å². The molecular weight excluding hydrogens is 362 g/mol. The van der Waals surface area contributed by atoms with E-state index in [1.807, 2.05) is 24.3 Å². The van der Waals surface area contributed by atoms with Gasteiger partial charge >= 0.3 is 6.03 Å². The van der Waals surface area contributed by atoms with Gasteiger partial charge in [-0.3, -0.25) is 0 Å². The molecule has 0 bridgehead atoms. The molecule has 8 heteroatoms. The van der Waals surface area contributed by atoms with Crippen LogP contribution in [0.5, 0.6) is 17.4 Å². The monoisotopic (exact) mass is 387 g/mol. The van der Waals surface area contributed by atoms with Crippen LogP contribution >= 0.6 is 0 Å². The van der Waals surface area contributed by atoms with Crippen LogP contribution in [0.25, 0.3) is 0 Å². The van der Waals surface area contributed by atoms with Crippen LogP contribution in [0.2, 0.25) is 0 Å². The smallest absolute Gasteiger partial charge is 0.317 e. The van der Waals surface area contributed by atoms with Crippen molar-refractivity contribution < 1.29 is 23.7 Å². The molecule has 150 valence electrons. The van der Waals surface area contributed by atoms with E-state index in [0.717, 1.165) is 22.6 Å². The van der Waals surface area contributed by atoms with E-state index in [2.05, 4.69) is 10.3 Å². The van der Waals surface area contributed by atoms with Gasteiger partial charge in [0.2, 0.25) is 5.88 Å². The van der Waals surface area contributed by atoms with Crippen molar-refractivity contribution in [3.63, 3.8) is 0 Å². The minimum atomic E-state index is -0.171. The van der Waals surface area contributed by atoms with Crippen LogP contribution in [0.1, 0.15) is 11.1 Å². The minimum absolute atomic E-state index is 0.171. The van der Waals surface area contributed by atoms with E-state index in [-0.39, 0.29) is 6.03 Å². The molecular formula is C20H25N3O5. The highest BCUT2D eigenvalue weighted by Gasteiger charge is 2.14. The predicted molar refractivity (Wildman–Crippen MR) is 103 cm³/mol. The molecule has 3 rings (SSSR count). The molecule has 1 N–H and O–H groups in total. The van der Waals surface area contributed by atoms with Gasteiger partial charge in [-0.05, 0) is 23.3 Å². The quantitative estimate of drug-likeness (QED) is 0.700. The Hall–Kier alpha value is -3.00. The molecule has 1 aliphatic rings. The standard InChI is InChI=1S/C20H25N3O5/c1-23(14-15-3-5-17-18(11-15)27-10-9-26-17)20(24)22-13-16-4-6-19(21-12-16)28-8-7-25-2/h3-6,11-12H,7-10,13-14H2,1-2H3,(H,22,24). The van der Waals surface area contributed by atoms with E-state index in [4.69, 9.17) is 18.9 Å². The first-order chi connectivity index (χ1) is 13.7. The number of rotatable bonds is 8. The fraction of sp³-hybridized carbons (Fsp3) is 0.400. The Morgan fingerprint density at radius 2 is 1.93 bits per heavy atom. The number of carbonyl (C=O) groups is 1. The van der Waals surface area contributed by atoms with Crippen molar-refractivity contribution >= 4 is 6.03 Å². The van der Waals surface area contributed by atoms with Gasteiger partial charge in [0.1, 0.15) is 19.8 Å². The van der Waals surface area contributed by atoms with Gasteiger partial charge in [0, 0.05) is 39.5 Å². The minimum Gasteiger partial charge on any atom is -0.486 e. The summed E-state index contributed by atoms with van der Waals surface area (Å²) in [6.07, 6.45) is 1.68. The molecule has 1 aromatic heterocycles. The number of carbonyl (C=O) groups excluding carboxylic acids is 1. The van der Waals surface area contributed by atoms with Crippen molar-refractivity contribution in [1.82, 2.24) is 15.2 Å². The highest BCUT2D eigenvalue weighted by molar-refractivity contribution is 5.73. The molecule has 2 amide bonds. The number of ether oxygens (including phenoxy) is 4. The largest absolute Gasteiger partial charge is 0.486 e. The molecule has 0 aliphatic carbocycles. The number of aromatic nitrogens is 1. The van der Waals surface area contributed by atoms with Crippen LogP contribution in [0.15, 0.2) is 36.5 Å². The SMILES string of the molecule is COCCOc1ccc(CNC(=O)N(C)Cc2ccc3c(c2)OCCO3)cn1. The third-order valence-corrected chi connectivity index (χ3v) is 4.15. The van der Waals surface area contributed by atoms with Gasteiger partial charge in [-0.2, -0.15) is 0 Å². The summed E-state index contributed by atoms with van der Waals surface area (Å²) >= 11 is 0. The van der Waals surface area contributed by atoms with E-state index in [9.17, 15) is 4.79 Å². The highest BCUT2D eigenvalue weighted by Crippen LogP contribution is 2.31. The molecule has 28 heavy (non-hydrogen) atoms. The Kier molecular flexibility index (Phi) is 6.91. The zero-order chi connectivity index (χ0) is 19.8. The summed E-state index contributed by atoms with van der Waals surface area (Å²) in [6.45, 7) is 2.91. The molecule has 1 aliphatic heterocycles. The number of benzene rings is 1. The fourth-order valence-electron chi connectivity index (χ4n) is 2.67. The lowest BCUT2D eigenvalue weighted by Gasteiger charge is -2.21. The number of pyridine rings is 1. The maximum atomic E-state index is 12.4. The molecule has 0 radical (unpaired) electrons. The number of methoxy groups -OCH3 is 1. The Labute approximate surface area is 164 Å². The number of nitrogens with zero attached hydrogens (tertiary/aromatic N) is 2. The van der Waals surface area contributed by atoms with Gasteiger partial charge in [0.15, 0.2) is 11.5 Å². The number of hydrogen-bond acceptors (Lipinski definition) is 6. The normalized spacial score (nSPS) is 12.4. The highest BCUT2D eigenvalue weighted by atomic mass is 16.6. The van der Waals surface area contributed by atoms with E-state index in [0.29, 0.717) is 45.4 Å². The van der Waals surface area contributed by atoms with Gasteiger partial charge in [-0.15, -0.1) is 0 Å². The molecule has 1 aromatic carbocycles. The van der Waals surface area contributed by atoms with Gasteiger partial charge in [-0.1, -0.05) is 12.1 Å². The number of fused-ring (bicyclic) bond motifs is 1. The molecule has 0 atom stereocenters. The zero-order valence-corrected chi connectivity index (χ0v) is 16.1. The van der Waals surface area contributed by atoms with Crippen LogP contribution in [-0.4, -0.2) is 56.5 Å². The van der Waals surface area contributed by atoms with Crippen LogP contribution < -0.4 is 19.5 Å². The number of urea groups is 1. The molecule has 0 spiro atoms. The topological polar surface area (TPSA) is 82.2 Å². The average molecular weight is 387 g/mol. The van der Waals surface area contributed by atoms with Crippen molar-refractivity contribution in [2.75, 3.05) is 40.6 Å². The van der Waals surface area contributed by atoms with E-state index in [1.165, 1.54) is 0 Å². The first-order valence-electron chi connectivity index (χ1n) is 9.10. The molecule has 0 saturated heterocycles. The lowest BCUT2D eigenvalue weighted by atomic mass is 10.2. The molecule has 2 aromatic rings.